The highest BCUT2D eigenvalue weighted by atomic mass is 16.3. The Morgan fingerprint density at radius 2 is 1.86 bits per heavy atom. The van der Waals surface area contributed by atoms with Crippen LogP contribution in [0.5, 0.6) is 0 Å². The van der Waals surface area contributed by atoms with Crippen molar-refractivity contribution in [3.05, 3.63) is 54.0 Å². The van der Waals surface area contributed by atoms with E-state index < -0.39 is 6.03 Å². The first-order valence-electron chi connectivity index (χ1n) is 9.72. The summed E-state index contributed by atoms with van der Waals surface area (Å²) in [6, 6.07) is 11.5. The fourth-order valence-corrected chi connectivity index (χ4v) is 3.37. The molecule has 0 aliphatic carbocycles. The van der Waals surface area contributed by atoms with E-state index in [-0.39, 0.29) is 19.0 Å². The number of imide groups is 1. The maximum Gasteiger partial charge on any atom is 0.321 e. The SMILES string of the molecule is CN(CC(=O)NC(=O)NCc1ccco1)Cc1ccc(N2CCCCC2)cc1. The van der Waals surface area contributed by atoms with Crippen LogP contribution in [0.15, 0.2) is 47.1 Å². The van der Waals surface area contributed by atoms with Crippen LogP contribution in [-0.4, -0.2) is 43.5 Å². The molecule has 0 saturated carbocycles. The number of anilines is 1. The minimum Gasteiger partial charge on any atom is -0.467 e. The largest absolute Gasteiger partial charge is 0.467 e. The molecule has 1 fully saturated rings. The zero-order valence-corrected chi connectivity index (χ0v) is 16.3. The van der Waals surface area contributed by atoms with Crippen molar-refractivity contribution >= 4 is 17.6 Å². The molecule has 2 aromatic rings. The highest BCUT2D eigenvalue weighted by molar-refractivity contribution is 5.95. The van der Waals surface area contributed by atoms with Crippen LogP contribution in [0.1, 0.15) is 30.6 Å². The predicted octanol–water partition coefficient (Wildman–Crippen LogP) is 2.73. The van der Waals surface area contributed by atoms with Gasteiger partial charge in [0.15, 0.2) is 0 Å². The number of likely N-dealkylation sites (N-methyl/N-ethyl adjacent to an activating group) is 1. The quantitative estimate of drug-likeness (QED) is 0.768. The van der Waals surface area contributed by atoms with Gasteiger partial charge in [-0.15, -0.1) is 0 Å². The van der Waals surface area contributed by atoms with Crippen LogP contribution in [0.25, 0.3) is 0 Å². The molecule has 1 saturated heterocycles. The summed E-state index contributed by atoms with van der Waals surface area (Å²) in [5.41, 5.74) is 2.40. The van der Waals surface area contributed by atoms with Crippen molar-refractivity contribution in [1.82, 2.24) is 15.5 Å². The van der Waals surface area contributed by atoms with Gasteiger partial charge in [0.25, 0.3) is 0 Å². The molecule has 1 aromatic heterocycles. The molecule has 28 heavy (non-hydrogen) atoms. The van der Waals surface area contributed by atoms with E-state index in [9.17, 15) is 9.59 Å². The zero-order valence-electron chi connectivity index (χ0n) is 16.3. The summed E-state index contributed by atoms with van der Waals surface area (Å²) >= 11 is 0. The molecule has 3 amide bonds. The Morgan fingerprint density at radius 1 is 1.11 bits per heavy atom. The van der Waals surface area contributed by atoms with Crippen molar-refractivity contribution in [3.63, 3.8) is 0 Å². The molecule has 0 spiro atoms. The van der Waals surface area contributed by atoms with E-state index in [0.29, 0.717) is 12.3 Å². The first-order valence-corrected chi connectivity index (χ1v) is 9.72. The number of furan rings is 1. The molecule has 2 heterocycles. The highest BCUT2D eigenvalue weighted by Gasteiger charge is 2.13. The lowest BCUT2D eigenvalue weighted by Gasteiger charge is -2.29. The van der Waals surface area contributed by atoms with Crippen molar-refractivity contribution in [2.45, 2.75) is 32.4 Å². The summed E-state index contributed by atoms with van der Waals surface area (Å²) in [5.74, 6) is 0.289. The van der Waals surface area contributed by atoms with E-state index in [2.05, 4.69) is 39.8 Å². The summed E-state index contributed by atoms with van der Waals surface area (Å²) in [5, 5.41) is 4.92. The van der Waals surface area contributed by atoms with Gasteiger partial charge >= 0.3 is 6.03 Å². The van der Waals surface area contributed by atoms with E-state index in [0.717, 1.165) is 18.7 Å². The van der Waals surface area contributed by atoms with Crippen molar-refractivity contribution in [2.24, 2.45) is 0 Å². The third-order valence-electron chi connectivity index (χ3n) is 4.78. The second-order valence-corrected chi connectivity index (χ2v) is 7.20. The lowest BCUT2D eigenvalue weighted by atomic mass is 10.1. The number of benzene rings is 1. The van der Waals surface area contributed by atoms with Gasteiger partial charge in [0.1, 0.15) is 5.76 Å². The van der Waals surface area contributed by atoms with Crippen molar-refractivity contribution < 1.29 is 14.0 Å². The molecule has 2 N–H and O–H groups in total. The van der Waals surface area contributed by atoms with Gasteiger partial charge in [-0.25, -0.2) is 4.79 Å². The van der Waals surface area contributed by atoms with Gasteiger partial charge in [0, 0.05) is 25.3 Å². The van der Waals surface area contributed by atoms with Crippen molar-refractivity contribution in [1.29, 1.82) is 0 Å². The standard InChI is InChI=1S/C21H28N4O3/c1-24(16-20(26)23-21(27)22-14-19-6-5-13-28-19)15-17-7-9-18(10-8-17)25-11-3-2-4-12-25/h5-10,13H,2-4,11-12,14-16H2,1H3,(H2,22,23,26,27). The maximum atomic E-state index is 12.0. The maximum absolute atomic E-state index is 12.0. The second-order valence-electron chi connectivity index (χ2n) is 7.20. The average molecular weight is 384 g/mol. The smallest absolute Gasteiger partial charge is 0.321 e. The first kappa shape index (κ1) is 19.9. The van der Waals surface area contributed by atoms with Crippen LogP contribution in [0.3, 0.4) is 0 Å². The third kappa shape index (κ3) is 6.13. The number of nitrogens with one attached hydrogen (secondary N) is 2. The normalized spacial score (nSPS) is 14.1. The van der Waals surface area contributed by atoms with Gasteiger partial charge < -0.3 is 14.6 Å². The van der Waals surface area contributed by atoms with Crippen LogP contribution < -0.4 is 15.5 Å². The molecule has 7 nitrogen and oxygen atoms in total. The lowest BCUT2D eigenvalue weighted by Crippen LogP contribution is -2.43. The summed E-state index contributed by atoms with van der Waals surface area (Å²) in [6.45, 7) is 3.28. The fraction of sp³-hybridized carbons (Fsp3) is 0.429. The Kier molecular flexibility index (Phi) is 7.08. The van der Waals surface area contributed by atoms with Gasteiger partial charge in [-0.3, -0.25) is 15.0 Å². The van der Waals surface area contributed by atoms with Crippen LogP contribution in [0, 0.1) is 0 Å². The molecule has 1 aliphatic heterocycles. The monoisotopic (exact) mass is 384 g/mol. The zero-order chi connectivity index (χ0) is 19.8. The Bertz CT molecular complexity index is 752. The number of rotatable bonds is 7. The van der Waals surface area contributed by atoms with Gasteiger partial charge in [-0.2, -0.15) is 0 Å². The van der Waals surface area contributed by atoms with Crippen molar-refractivity contribution in [3.8, 4) is 0 Å². The molecule has 0 unspecified atom stereocenters. The number of urea groups is 1. The molecular formula is C21H28N4O3. The number of amides is 3. The number of carbonyl (C=O) groups excluding carboxylic acids is 2. The van der Waals surface area contributed by atoms with Gasteiger partial charge in [0.05, 0.1) is 19.4 Å². The minimum absolute atomic E-state index is 0.141. The molecule has 150 valence electrons. The fourth-order valence-electron chi connectivity index (χ4n) is 3.37. The Morgan fingerprint density at radius 3 is 2.54 bits per heavy atom. The second kappa shape index (κ2) is 9.94. The van der Waals surface area contributed by atoms with E-state index in [1.807, 2.05) is 11.9 Å². The third-order valence-corrected chi connectivity index (χ3v) is 4.78. The van der Waals surface area contributed by atoms with Crippen LogP contribution >= 0.6 is 0 Å². The highest BCUT2D eigenvalue weighted by Crippen LogP contribution is 2.20. The Hall–Kier alpha value is -2.80. The van der Waals surface area contributed by atoms with E-state index >= 15 is 0 Å². The predicted molar refractivity (Wildman–Crippen MR) is 108 cm³/mol. The lowest BCUT2D eigenvalue weighted by molar-refractivity contribution is -0.120. The van der Waals surface area contributed by atoms with Crippen molar-refractivity contribution in [2.75, 3.05) is 31.6 Å². The number of piperidine rings is 1. The first-order chi connectivity index (χ1) is 13.6. The Labute approximate surface area is 165 Å². The topological polar surface area (TPSA) is 77.8 Å². The molecule has 1 aliphatic rings. The molecule has 0 atom stereocenters. The molecular weight excluding hydrogens is 356 g/mol. The van der Waals surface area contributed by atoms with E-state index in [1.54, 1.807) is 12.1 Å². The summed E-state index contributed by atoms with van der Waals surface area (Å²) in [7, 11) is 1.86. The van der Waals surface area contributed by atoms with Gasteiger partial charge in [0.2, 0.25) is 5.91 Å². The molecule has 7 heteroatoms. The number of carbonyl (C=O) groups is 2. The number of nitrogens with zero attached hydrogens (tertiary/aromatic N) is 2. The molecule has 1 aromatic carbocycles. The average Bonchev–Trinajstić information content (AvgIpc) is 3.21. The van der Waals surface area contributed by atoms with Crippen LogP contribution in [0.2, 0.25) is 0 Å². The van der Waals surface area contributed by atoms with E-state index in [4.69, 9.17) is 4.42 Å². The summed E-state index contributed by atoms with van der Waals surface area (Å²) < 4.78 is 5.13. The summed E-state index contributed by atoms with van der Waals surface area (Å²) in [6.07, 6.45) is 5.37. The number of hydrogen-bond acceptors (Lipinski definition) is 5. The van der Waals surface area contributed by atoms with Crippen LogP contribution in [-0.2, 0) is 17.9 Å². The van der Waals surface area contributed by atoms with Gasteiger partial charge in [-0.05, 0) is 56.1 Å². The molecule has 0 bridgehead atoms. The van der Waals surface area contributed by atoms with Crippen LogP contribution in [0.4, 0.5) is 10.5 Å². The van der Waals surface area contributed by atoms with Gasteiger partial charge in [-0.1, -0.05) is 12.1 Å². The molecule has 3 rings (SSSR count). The Balaban J connectivity index is 1.39. The molecule has 0 radical (unpaired) electrons. The van der Waals surface area contributed by atoms with E-state index in [1.165, 1.54) is 31.2 Å². The number of hydrogen-bond donors (Lipinski definition) is 2. The minimum atomic E-state index is -0.527. The summed E-state index contributed by atoms with van der Waals surface area (Å²) in [4.78, 5) is 28.1.